The predicted octanol–water partition coefficient (Wildman–Crippen LogP) is 2.75. The van der Waals surface area contributed by atoms with E-state index >= 15 is 0 Å². The minimum atomic E-state index is -3.29. The van der Waals surface area contributed by atoms with Crippen LogP contribution in [0.2, 0.25) is 0 Å². The number of carbonyl (C=O) groups is 2. The topological polar surface area (TPSA) is 109 Å². The Morgan fingerprint density at radius 2 is 2.03 bits per heavy atom. The second kappa shape index (κ2) is 8.16. The van der Waals surface area contributed by atoms with E-state index in [-0.39, 0.29) is 41.0 Å². The molecule has 1 aromatic carbocycles. The minimum Gasteiger partial charge on any atom is -0.456 e. The van der Waals surface area contributed by atoms with Crippen molar-refractivity contribution in [3.05, 3.63) is 52.8 Å². The molecule has 1 fully saturated rings. The third-order valence-electron chi connectivity index (χ3n) is 5.49. The van der Waals surface area contributed by atoms with Crippen molar-refractivity contribution in [1.82, 2.24) is 14.9 Å². The number of sulfone groups is 1. The first kappa shape index (κ1) is 21.6. The zero-order valence-corrected chi connectivity index (χ0v) is 19.0. The van der Waals surface area contributed by atoms with E-state index in [1.165, 1.54) is 23.9 Å². The number of hydrogen-bond acceptors (Lipinski definition) is 7. The van der Waals surface area contributed by atoms with Crippen molar-refractivity contribution in [2.45, 2.75) is 43.0 Å². The van der Waals surface area contributed by atoms with Crippen LogP contribution >= 0.6 is 11.8 Å². The summed E-state index contributed by atoms with van der Waals surface area (Å²) < 4.78 is 28.7. The van der Waals surface area contributed by atoms with Gasteiger partial charge in [-0.3, -0.25) is 4.79 Å². The van der Waals surface area contributed by atoms with E-state index in [9.17, 15) is 18.0 Å². The summed E-state index contributed by atoms with van der Waals surface area (Å²) in [6.45, 7) is 4.00. The molecule has 3 heterocycles. The lowest BCUT2D eigenvalue weighted by atomic mass is 9.79. The van der Waals surface area contributed by atoms with Crippen LogP contribution in [0.15, 0.2) is 57.3 Å². The summed E-state index contributed by atoms with van der Waals surface area (Å²) in [5, 5.41) is 0.646. The number of aromatic amines is 1. The normalized spacial score (nSPS) is 20.8. The van der Waals surface area contributed by atoms with Crippen LogP contribution in [0.3, 0.4) is 0 Å². The molecular formula is C21H23N3O5S2. The first-order chi connectivity index (χ1) is 14.7. The third kappa shape index (κ3) is 4.14. The number of fused-ring (bicyclic) bond motifs is 1. The number of amides is 1. The van der Waals surface area contributed by atoms with Crippen molar-refractivity contribution < 1.29 is 22.7 Å². The van der Waals surface area contributed by atoms with Gasteiger partial charge in [0.05, 0.1) is 16.9 Å². The molecular weight excluding hydrogens is 438 g/mol. The van der Waals surface area contributed by atoms with Gasteiger partial charge in [0, 0.05) is 30.0 Å². The first-order valence-electron chi connectivity index (χ1n) is 9.86. The fraction of sp³-hybridized carbons (Fsp3) is 0.381. The number of benzene rings is 1. The summed E-state index contributed by atoms with van der Waals surface area (Å²) >= 11 is 1.34. The van der Waals surface area contributed by atoms with Crippen molar-refractivity contribution >= 4 is 33.5 Å². The van der Waals surface area contributed by atoms with E-state index in [1.54, 1.807) is 29.4 Å². The van der Waals surface area contributed by atoms with E-state index in [1.807, 2.05) is 13.8 Å². The van der Waals surface area contributed by atoms with Gasteiger partial charge in [-0.25, -0.2) is 18.2 Å². The number of thioether (sulfide) groups is 1. The number of H-pyrrole nitrogens is 1. The number of hydrogen-bond donors (Lipinski definition) is 1. The Hall–Kier alpha value is -2.59. The SMILES string of the molecule is CC(C)C1C(=O)N2C(C(=O)OCc3ccc(S(C)(=O)=O)cc3)=C(Sc3ncc[nH]3)CC12. The van der Waals surface area contributed by atoms with E-state index in [4.69, 9.17) is 4.74 Å². The van der Waals surface area contributed by atoms with Crippen LogP contribution in [0.4, 0.5) is 0 Å². The van der Waals surface area contributed by atoms with Crippen LogP contribution in [0.25, 0.3) is 0 Å². The van der Waals surface area contributed by atoms with Crippen LogP contribution in [-0.4, -0.2) is 47.5 Å². The molecule has 0 saturated carbocycles. The number of rotatable bonds is 7. The molecule has 0 aliphatic carbocycles. The lowest BCUT2D eigenvalue weighted by molar-refractivity contribution is -0.159. The Balaban J connectivity index is 1.52. The molecule has 2 unspecified atom stereocenters. The molecule has 1 aromatic heterocycles. The second-order valence-corrected chi connectivity index (χ2v) is 11.1. The standard InChI is InChI=1S/C21H23N3O5S2/c1-12(2)17-15-10-16(30-21-22-8-9-23-21)18(24(15)19(17)25)20(26)29-11-13-4-6-14(7-5-13)31(3,27)28/h4-9,12,15,17H,10-11H2,1-3H3,(H,22,23). The summed E-state index contributed by atoms with van der Waals surface area (Å²) in [5.41, 5.74) is 0.937. The molecule has 10 heteroatoms. The highest BCUT2D eigenvalue weighted by atomic mass is 32.2. The predicted molar refractivity (Wildman–Crippen MR) is 114 cm³/mol. The van der Waals surface area contributed by atoms with Gasteiger partial charge in [0.2, 0.25) is 5.91 Å². The number of nitrogens with zero attached hydrogens (tertiary/aromatic N) is 2. The highest BCUT2D eigenvalue weighted by molar-refractivity contribution is 8.03. The number of carbonyl (C=O) groups excluding carboxylic acids is 2. The Morgan fingerprint density at radius 3 is 2.61 bits per heavy atom. The van der Waals surface area contributed by atoms with Crippen LogP contribution in [0.1, 0.15) is 25.8 Å². The van der Waals surface area contributed by atoms with Gasteiger partial charge in [-0.1, -0.05) is 37.7 Å². The molecule has 1 amide bonds. The number of imidazole rings is 1. The van der Waals surface area contributed by atoms with Gasteiger partial charge in [0.1, 0.15) is 12.3 Å². The average molecular weight is 462 g/mol. The summed E-state index contributed by atoms with van der Waals surface area (Å²) in [6, 6.07) is 6.14. The van der Waals surface area contributed by atoms with Gasteiger partial charge in [0.15, 0.2) is 15.0 Å². The monoisotopic (exact) mass is 461 g/mol. The summed E-state index contributed by atoms with van der Waals surface area (Å²) in [5.74, 6) is -0.549. The number of β-lactam (4-membered cyclic amide) rings is 1. The molecule has 31 heavy (non-hydrogen) atoms. The van der Waals surface area contributed by atoms with E-state index < -0.39 is 15.8 Å². The molecule has 0 bridgehead atoms. The third-order valence-corrected chi connectivity index (χ3v) is 7.65. The van der Waals surface area contributed by atoms with Crippen molar-refractivity contribution in [3.8, 4) is 0 Å². The Bertz CT molecular complexity index is 1140. The fourth-order valence-electron chi connectivity index (χ4n) is 3.99. The van der Waals surface area contributed by atoms with Gasteiger partial charge in [0.25, 0.3) is 0 Å². The Kier molecular flexibility index (Phi) is 5.69. The van der Waals surface area contributed by atoms with Gasteiger partial charge in [-0.05, 0) is 23.6 Å². The molecule has 2 aliphatic heterocycles. The minimum absolute atomic E-state index is 0.0224. The second-order valence-electron chi connectivity index (χ2n) is 8.01. The van der Waals surface area contributed by atoms with Crippen molar-refractivity contribution in [2.24, 2.45) is 11.8 Å². The smallest absolute Gasteiger partial charge is 0.356 e. The lowest BCUT2D eigenvalue weighted by Crippen LogP contribution is -2.60. The quantitative estimate of drug-likeness (QED) is 0.499. The highest BCUT2D eigenvalue weighted by Gasteiger charge is 2.56. The number of aromatic nitrogens is 2. The zero-order chi connectivity index (χ0) is 22.3. The molecule has 1 N–H and O–H groups in total. The molecule has 2 atom stereocenters. The highest BCUT2D eigenvalue weighted by Crippen LogP contribution is 2.49. The summed E-state index contributed by atoms with van der Waals surface area (Å²) in [4.78, 5) is 35.5. The molecule has 164 valence electrons. The van der Waals surface area contributed by atoms with Crippen molar-refractivity contribution in [2.75, 3.05) is 6.26 Å². The lowest BCUT2D eigenvalue weighted by Gasteiger charge is -2.45. The zero-order valence-electron chi connectivity index (χ0n) is 17.4. The maximum atomic E-state index is 13.0. The molecule has 1 saturated heterocycles. The molecule has 4 rings (SSSR count). The van der Waals surface area contributed by atoms with Gasteiger partial charge in [-0.2, -0.15) is 0 Å². The van der Waals surface area contributed by atoms with E-state index in [0.29, 0.717) is 17.1 Å². The van der Waals surface area contributed by atoms with Gasteiger partial charge in [-0.15, -0.1) is 0 Å². The maximum Gasteiger partial charge on any atom is 0.356 e. The first-order valence-corrected chi connectivity index (χ1v) is 12.6. The van der Waals surface area contributed by atoms with Crippen LogP contribution in [0.5, 0.6) is 0 Å². The van der Waals surface area contributed by atoms with Crippen LogP contribution in [0, 0.1) is 11.8 Å². The number of nitrogens with one attached hydrogen (secondary N) is 1. The molecule has 2 aliphatic rings. The molecule has 0 radical (unpaired) electrons. The Morgan fingerprint density at radius 1 is 1.32 bits per heavy atom. The van der Waals surface area contributed by atoms with Gasteiger partial charge >= 0.3 is 5.97 Å². The van der Waals surface area contributed by atoms with E-state index in [0.717, 1.165) is 11.2 Å². The number of ether oxygens (including phenoxy) is 1. The summed E-state index contributed by atoms with van der Waals surface area (Å²) in [7, 11) is -3.29. The Labute approximate surface area is 185 Å². The molecule has 8 nitrogen and oxygen atoms in total. The number of esters is 1. The maximum absolute atomic E-state index is 13.0. The van der Waals surface area contributed by atoms with Crippen molar-refractivity contribution in [1.29, 1.82) is 0 Å². The van der Waals surface area contributed by atoms with Crippen molar-refractivity contribution in [3.63, 3.8) is 0 Å². The summed E-state index contributed by atoms with van der Waals surface area (Å²) in [6.07, 6.45) is 5.06. The van der Waals surface area contributed by atoms with Gasteiger partial charge < -0.3 is 14.6 Å². The van der Waals surface area contributed by atoms with Crippen LogP contribution < -0.4 is 0 Å². The van der Waals surface area contributed by atoms with Crippen LogP contribution in [-0.2, 0) is 30.8 Å². The average Bonchev–Trinajstić information content (AvgIpc) is 3.32. The molecule has 0 spiro atoms. The fourth-order valence-corrected chi connectivity index (χ4v) is 5.62. The molecule has 2 aromatic rings. The largest absolute Gasteiger partial charge is 0.456 e. The van der Waals surface area contributed by atoms with E-state index in [2.05, 4.69) is 9.97 Å².